The van der Waals surface area contributed by atoms with E-state index >= 15 is 0 Å². The van der Waals surface area contributed by atoms with Gasteiger partial charge >= 0.3 is 0 Å². The van der Waals surface area contributed by atoms with Crippen molar-refractivity contribution in [1.29, 1.82) is 0 Å². The minimum absolute atomic E-state index is 0.0473. The third-order valence-electron chi connectivity index (χ3n) is 4.09. The third-order valence-corrected chi connectivity index (χ3v) is 4.09. The van der Waals surface area contributed by atoms with Crippen LogP contribution in [-0.4, -0.2) is 38.1 Å². The van der Waals surface area contributed by atoms with E-state index in [0.717, 1.165) is 0 Å². The van der Waals surface area contributed by atoms with E-state index in [1.54, 1.807) is 6.92 Å². The molecule has 1 aliphatic rings. The van der Waals surface area contributed by atoms with E-state index in [1.807, 2.05) is 0 Å². The first-order valence-electron chi connectivity index (χ1n) is 6.54. The molecule has 3 N–H and O–H groups in total. The maximum absolute atomic E-state index is 14.0. The Kier molecular flexibility index (Phi) is 3.14. The van der Waals surface area contributed by atoms with Crippen molar-refractivity contribution in [3.63, 3.8) is 0 Å². The van der Waals surface area contributed by atoms with Crippen LogP contribution in [0, 0.1) is 11.7 Å². The van der Waals surface area contributed by atoms with E-state index in [-0.39, 0.29) is 17.1 Å². The Morgan fingerprint density at radius 2 is 2.43 bits per heavy atom. The summed E-state index contributed by atoms with van der Waals surface area (Å²) in [6.07, 6.45) is 2.92. The quantitative estimate of drug-likeness (QED) is 0.805. The molecule has 0 radical (unpaired) electrons. The van der Waals surface area contributed by atoms with E-state index in [9.17, 15) is 14.3 Å². The second kappa shape index (κ2) is 4.74. The second-order valence-electron chi connectivity index (χ2n) is 5.28. The molecule has 7 nitrogen and oxygen atoms in total. The van der Waals surface area contributed by atoms with Crippen LogP contribution in [0.2, 0.25) is 0 Å². The zero-order valence-electron chi connectivity index (χ0n) is 11.4. The molecule has 0 spiro atoms. The van der Waals surface area contributed by atoms with E-state index < -0.39 is 24.3 Å². The van der Waals surface area contributed by atoms with Gasteiger partial charge in [-0.25, -0.2) is 14.4 Å². The number of aliphatic hydroxyl groups is 1. The molecule has 3 rings (SSSR count). The fraction of sp³-hybridized carbons (Fsp3) is 0.462. The number of hydrogen-bond donors (Lipinski definition) is 2. The fourth-order valence-electron chi connectivity index (χ4n) is 2.75. The van der Waals surface area contributed by atoms with Crippen LogP contribution < -0.4 is 5.73 Å². The monoisotopic (exact) mass is 294 g/mol. The van der Waals surface area contributed by atoms with Gasteiger partial charge in [0.05, 0.1) is 12.0 Å². The molecule has 0 saturated carbocycles. The highest BCUT2D eigenvalue weighted by atomic mass is 19.1. The molecule has 3 heterocycles. The van der Waals surface area contributed by atoms with E-state index in [4.69, 9.17) is 10.5 Å². The number of anilines is 1. The molecule has 8 heteroatoms. The number of carbonyl (C=O) groups is 1. The molecule has 3 atom stereocenters. The van der Waals surface area contributed by atoms with Gasteiger partial charge in [-0.05, 0) is 12.3 Å². The number of ether oxygens (including phenoxy) is 1. The predicted molar refractivity (Wildman–Crippen MR) is 71.7 cm³/mol. The summed E-state index contributed by atoms with van der Waals surface area (Å²) in [7, 11) is 0. The predicted octanol–water partition coefficient (Wildman–Crippen LogP) is 0.638. The lowest BCUT2D eigenvalue weighted by Gasteiger charge is -2.24. The number of hydrogen-bond acceptors (Lipinski definition) is 6. The van der Waals surface area contributed by atoms with E-state index in [1.165, 1.54) is 17.1 Å². The summed E-state index contributed by atoms with van der Waals surface area (Å²) >= 11 is 0. The zero-order chi connectivity index (χ0) is 15.2. The van der Waals surface area contributed by atoms with Gasteiger partial charge in [-0.3, -0.25) is 0 Å². The van der Waals surface area contributed by atoms with Crippen LogP contribution in [0.4, 0.5) is 10.2 Å². The molecule has 1 fully saturated rings. The largest absolute Gasteiger partial charge is 0.393 e. The number of nitrogens with two attached hydrogens (primary N) is 1. The second-order valence-corrected chi connectivity index (χ2v) is 5.28. The normalized spacial score (nSPS) is 29.1. The maximum atomic E-state index is 14.0. The smallest absolute Gasteiger partial charge is 0.154 e. The van der Waals surface area contributed by atoms with Crippen molar-refractivity contribution < 1.29 is 19.0 Å². The maximum Gasteiger partial charge on any atom is 0.154 e. The highest BCUT2D eigenvalue weighted by molar-refractivity contribution is 5.86. The fourth-order valence-corrected chi connectivity index (χ4v) is 2.75. The molecule has 112 valence electrons. The Morgan fingerprint density at radius 1 is 1.67 bits per heavy atom. The average molecular weight is 294 g/mol. The lowest BCUT2D eigenvalue weighted by molar-refractivity contribution is -0.144. The average Bonchev–Trinajstić information content (AvgIpc) is 2.98. The summed E-state index contributed by atoms with van der Waals surface area (Å²) in [6.45, 7) is 1.38. The summed E-state index contributed by atoms with van der Waals surface area (Å²) in [5.41, 5.74) is 4.70. The number of aliphatic hydroxyl groups excluding tert-OH is 1. The number of rotatable bonds is 3. The lowest BCUT2D eigenvalue weighted by Crippen LogP contribution is -2.40. The number of carbonyl (C=O) groups excluding carboxylic acids is 1. The van der Waals surface area contributed by atoms with Crippen molar-refractivity contribution in [2.24, 2.45) is 5.92 Å². The Hall–Kier alpha value is -2.06. The molecule has 0 amide bonds. The van der Waals surface area contributed by atoms with Crippen LogP contribution in [0.1, 0.15) is 19.6 Å². The standard InChI is InChI=1S/C13H15FN4O3/c1-7-2-9(21-13(7,4-19)5-20)18-3-8(14)10-11(15)16-6-17-12(10)18/h3-4,6-7,9,20H,2,5H2,1H3,(H2,15,16,17)/t7-,9+,13+/m0/s1. The summed E-state index contributed by atoms with van der Waals surface area (Å²) in [5.74, 6) is -0.706. The Bertz CT molecular complexity index is 704. The number of nitrogen functional groups attached to an aromatic ring is 1. The van der Waals surface area contributed by atoms with Crippen LogP contribution in [0.25, 0.3) is 11.0 Å². The van der Waals surface area contributed by atoms with Crippen LogP contribution >= 0.6 is 0 Å². The van der Waals surface area contributed by atoms with Gasteiger partial charge in [0.2, 0.25) is 0 Å². The molecule has 1 saturated heterocycles. The number of fused-ring (bicyclic) bond motifs is 1. The number of halogens is 1. The summed E-state index contributed by atoms with van der Waals surface area (Å²) in [4.78, 5) is 19.0. The minimum atomic E-state index is -1.27. The molecule has 0 bridgehead atoms. The molecule has 0 aromatic carbocycles. The molecule has 1 aliphatic heterocycles. The van der Waals surface area contributed by atoms with Gasteiger partial charge in [-0.2, -0.15) is 0 Å². The van der Waals surface area contributed by atoms with Gasteiger partial charge < -0.3 is 24.9 Å². The summed E-state index contributed by atoms with van der Waals surface area (Å²) in [5, 5.41) is 9.56. The van der Waals surface area contributed by atoms with Crippen molar-refractivity contribution in [2.75, 3.05) is 12.3 Å². The lowest BCUT2D eigenvalue weighted by atomic mass is 9.91. The molecule has 21 heavy (non-hydrogen) atoms. The van der Waals surface area contributed by atoms with Gasteiger partial charge in [0.25, 0.3) is 0 Å². The van der Waals surface area contributed by atoms with E-state index in [0.29, 0.717) is 18.4 Å². The van der Waals surface area contributed by atoms with Gasteiger partial charge in [0, 0.05) is 6.20 Å². The first kappa shape index (κ1) is 13.9. The minimum Gasteiger partial charge on any atom is -0.393 e. The Labute approximate surface area is 119 Å². The van der Waals surface area contributed by atoms with Crippen molar-refractivity contribution in [3.8, 4) is 0 Å². The van der Waals surface area contributed by atoms with Crippen LogP contribution in [0.5, 0.6) is 0 Å². The van der Waals surface area contributed by atoms with Crippen molar-refractivity contribution >= 4 is 23.1 Å². The van der Waals surface area contributed by atoms with Gasteiger partial charge in [0.15, 0.2) is 23.4 Å². The molecule has 2 aromatic heterocycles. The van der Waals surface area contributed by atoms with Crippen LogP contribution in [-0.2, 0) is 9.53 Å². The summed E-state index contributed by atoms with van der Waals surface area (Å²) < 4.78 is 21.2. The summed E-state index contributed by atoms with van der Waals surface area (Å²) in [6, 6.07) is 0. The van der Waals surface area contributed by atoms with Gasteiger partial charge in [-0.15, -0.1) is 0 Å². The Balaban J connectivity index is 2.07. The van der Waals surface area contributed by atoms with Crippen molar-refractivity contribution in [3.05, 3.63) is 18.3 Å². The van der Waals surface area contributed by atoms with Gasteiger partial charge in [-0.1, -0.05) is 6.92 Å². The molecular weight excluding hydrogens is 279 g/mol. The Morgan fingerprint density at radius 3 is 3.05 bits per heavy atom. The topological polar surface area (TPSA) is 103 Å². The molecule has 2 aromatic rings. The highest BCUT2D eigenvalue weighted by Gasteiger charge is 2.47. The first-order chi connectivity index (χ1) is 10.0. The molecular formula is C13H15FN4O3. The SMILES string of the molecule is C[C@H]1C[C@H](n2cc(F)c3c(N)ncnc32)O[C@]1(C=O)CO. The third kappa shape index (κ3) is 1.90. The van der Waals surface area contributed by atoms with Gasteiger partial charge in [0.1, 0.15) is 18.4 Å². The van der Waals surface area contributed by atoms with Crippen molar-refractivity contribution in [2.45, 2.75) is 25.2 Å². The van der Waals surface area contributed by atoms with Crippen LogP contribution in [0.15, 0.2) is 12.5 Å². The van der Waals surface area contributed by atoms with Crippen molar-refractivity contribution in [1.82, 2.24) is 14.5 Å². The van der Waals surface area contributed by atoms with E-state index in [2.05, 4.69) is 9.97 Å². The first-order valence-corrected chi connectivity index (χ1v) is 6.54. The zero-order valence-corrected chi connectivity index (χ0v) is 11.4. The number of aromatic nitrogens is 3. The van der Waals surface area contributed by atoms with Crippen LogP contribution in [0.3, 0.4) is 0 Å². The highest BCUT2D eigenvalue weighted by Crippen LogP contribution is 2.41. The number of aldehydes is 1. The molecule has 0 aliphatic carbocycles. The molecule has 0 unspecified atom stereocenters. The number of nitrogens with zero attached hydrogens (tertiary/aromatic N) is 3.